The number of hydrogen-bond acceptors (Lipinski definition) is 6. The Morgan fingerprint density at radius 3 is 2.73 bits per heavy atom. The number of amides is 1. The van der Waals surface area contributed by atoms with Crippen LogP contribution in [0.25, 0.3) is 0 Å². The van der Waals surface area contributed by atoms with E-state index in [9.17, 15) is 4.79 Å². The van der Waals surface area contributed by atoms with Crippen LogP contribution in [0.4, 0.5) is 5.82 Å². The monoisotopic (exact) mass is 358 g/mol. The largest absolute Gasteiger partial charge is 0.467 e. The smallest absolute Gasteiger partial charge is 0.255 e. The van der Waals surface area contributed by atoms with Gasteiger partial charge in [0.05, 0.1) is 24.5 Å². The Labute approximate surface area is 153 Å². The molecule has 0 unspecified atom stereocenters. The molecule has 0 aliphatic carbocycles. The summed E-state index contributed by atoms with van der Waals surface area (Å²) >= 11 is 0. The number of piperazine rings is 1. The lowest BCUT2D eigenvalue weighted by Crippen LogP contribution is -2.48. The van der Waals surface area contributed by atoms with Crippen LogP contribution in [0.15, 0.2) is 34.9 Å². The van der Waals surface area contributed by atoms with E-state index in [2.05, 4.69) is 20.1 Å². The molecule has 0 bridgehead atoms. The van der Waals surface area contributed by atoms with Gasteiger partial charge in [0.15, 0.2) is 0 Å². The molecule has 7 heteroatoms. The van der Waals surface area contributed by atoms with Gasteiger partial charge in [-0.15, -0.1) is 0 Å². The van der Waals surface area contributed by atoms with Crippen LogP contribution in [0.1, 0.15) is 34.8 Å². The van der Waals surface area contributed by atoms with E-state index in [4.69, 9.17) is 9.52 Å². The summed E-state index contributed by atoms with van der Waals surface area (Å²) in [6, 6.07) is 7.13. The summed E-state index contributed by atoms with van der Waals surface area (Å²) in [7, 11) is 0. The number of nitrogens with one attached hydrogen (secondary N) is 1. The van der Waals surface area contributed by atoms with Crippen molar-refractivity contribution in [2.45, 2.75) is 19.9 Å². The van der Waals surface area contributed by atoms with Gasteiger partial charge in [-0.25, -0.2) is 4.98 Å². The van der Waals surface area contributed by atoms with Crippen molar-refractivity contribution in [1.29, 1.82) is 0 Å². The minimum atomic E-state index is -0.215. The summed E-state index contributed by atoms with van der Waals surface area (Å²) in [6.45, 7) is 7.93. The molecule has 0 spiro atoms. The molecular weight excluding hydrogens is 332 g/mol. The van der Waals surface area contributed by atoms with Crippen LogP contribution in [0.3, 0.4) is 0 Å². The Hall–Kier alpha value is -2.38. The van der Waals surface area contributed by atoms with Gasteiger partial charge in [0.25, 0.3) is 5.91 Å². The van der Waals surface area contributed by atoms with Gasteiger partial charge in [-0.3, -0.25) is 9.69 Å². The Kier molecular flexibility index (Phi) is 5.90. The SMILES string of the molecule is Cc1ccc(C(=O)N[C@@H](C)c2ccco2)c(N2CCN(CCO)CC2)n1. The number of hydrogen-bond donors (Lipinski definition) is 2. The van der Waals surface area contributed by atoms with Crippen LogP contribution in [0, 0.1) is 6.92 Å². The van der Waals surface area contributed by atoms with Crippen molar-refractivity contribution in [3.05, 3.63) is 47.5 Å². The lowest BCUT2D eigenvalue weighted by atomic mass is 10.1. The van der Waals surface area contributed by atoms with Gasteiger partial charge >= 0.3 is 0 Å². The number of carbonyl (C=O) groups excluding carboxylic acids is 1. The third kappa shape index (κ3) is 4.23. The molecule has 2 aromatic rings. The highest BCUT2D eigenvalue weighted by molar-refractivity contribution is 5.99. The zero-order chi connectivity index (χ0) is 18.5. The maximum atomic E-state index is 12.8. The van der Waals surface area contributed by atoms with Crippen molar-refractivity contribution in [1.82, 2.24) is 15.2 Å². The molecule has 0 aromatic carbocycles. The fourth-order valence-corrected chi connectivity index (χ4v) is 3.17. The van der Waals surface area contributed by atoms with Gasteiger partial charge in [-0.05, 0) is 38.1 Å². The van der Waals surface area contributed by atoms with E-state index >= 15 is 0 Å². The van der Waals surface area contributed by atoms with Crippen LogP contribution in [-0.2, 0) is 0 Å². The van der Waals surface area contributed by atoms with Crippen LogP contribution < -0.4 is 10.2 Å². The number of pyridine rings is 1. The number of rotatable bonds is 6. The zero-order valence-electron chi connectivity index (χ0n) is 15.3. The maximum absolute atomic E-state index is 12.8. The van der Waals surface area contributed by atoms with E-state index in [1.54, 1.807) is 6.26 Å². The first-order valence-corrected chi connectivity index (χ1v) is 8.98. The van der Waals surface area contributed by atoms with E-state index in [0.717, 1.165) is 43.5 Å². The molecule has 3 heterocycles. The molecule has 1 aliphatic rings. The van der Waals surface area contributed by atoms with Crippen molar-refractivity contribution in [3.8, 4) is 0 Å². The average Bonchev–Trinajstić information content (AvgIpc) is 3.17. The number of aromatic nitrogens is 1. The highest BCUT2D eigenvalue weighted by Crippen LogP contribution is 2.22. The first-order valence-electron chi connectivity index (χ1n) is 8.98. The summed E-state index contributed by atoms with van der Waals surface area (Å²) in [4.78, 5) is 21.8. The van der Waals surface area contributed by atoms with Gasteiger partial charge in [0, 0.05) is 38.4 Å². The number of carbonyl (C=O) groups is 1. The molecule has 0 radical (unpaired) electrons. The minimum Gasteiger partial charge on any atom is -0.467 e. The minimum absolute atomic E-state index is 0.158. The normalized spacial score (nSPS) is 16.5. The highest BCUT2D eigenvalue weighted by Gasteiger charge is 2.24. The Bertz CT molecular complexity index is 724. The summed E-state index contributed by atoms with van der Waals surface area (Å²) < 4.78 is 5.37. The predicted octanol–water partition coefficient (Wildman–Crippen LogP) is 1.59. The average molecular weight is 358 g/mol. The standard InChI is InChI=1S/C19H26N4O3/c1-14-5-6-16(19(25)21-15(2)17-4-3-13-26-17)18(20-14)23-9-7-22(8-10-23)11-12-24/h3-6,13,15,24H,7-12H2,1-2H3,(H,21,25)/t15-/m0/s1. The number of aliphatic hydroxyl groups is 1. The second-order valence-electron chi connectivity index (χ2n) is 6.59. The lowest BCUT2D eigenvalue weighted by Gasteiger charge is -2.35. The summed E-state index contributed by atoms with van der Waals surface area (Å²) in [5.74, 6) is 1.28. The second kappa shape index (κ2) is 8.33. The molecule has 1 saturated heterocycles. The van der Waals surface area contributed by atoms with Crippen molar-refractivity contribution < 1.29 is 14.3 Å². The molecule has 7 nitrogen and oxygen atoms in total. The zero-order valence-corrected chi connectivity index (χ0v) is 15.3. The quantitative estimate of drug-likeness (QED) is 0.816. The number of anilines is 1. The van der Waals surface area contributed by atoms with Crippen molar-refractivity contribution in [3.63, 3.8) is 0 Å². The fraction of sp³-hybridized carbons (Fsp3) is 0.474. The predicted molar refractivity (Wildman–Crippen MR) is 99.3 cm³/mol. The molecule has 2 aromatic heterocycles. The number of aryl methyl sites for hydroxylation is 1. The van der Waals surface area contributed by atoms with Gasteiger partial charge in [-0.2, -0.15) is 0 Å². The number of furan rings is 1. The number of β-amino-alcohol motifs (C(OH)–C–C–N with tert-alkyl or cyclic N) is 1. The summed E-state index contributed by atoms with van der Waals surface area (Å²) in [5, 5.41) is 12.1. The van der Waals surface area contributed by atoms with Crippen molar-refractivity contribution in [2.24, 2.45) is 0 Å². The molecule has 26 heavy (non-hydrogen) atoms. The second-order valence-corrected chi connectivity index (χ2v) is 6.59. The molecule has 0 saturated carbocycles. The Morgan fingerprint density at radius 2 is 2.08 bits per heavy atom. The van der Waals surface area contributed by atoms with E-state index in [1.807, 2.05) is 38.1 Å². The third-order valence-corrected chi connectivity index (χ3v) is 4.66. The van der Waals surface area contributed by atoms with Gasteiger partial charge in [-0.1, -0.05) is 0 Å². The molecule has 1 atom stereocenters. The van der Waals surface area contributed by atoms with E-state index in [1.165, 1.54) is 0 Å². The molecule has 140 valence electrons. The molecule has 2 N–H and O–H groups in total. The van der Waals surface area contributed by atoms with Gasteiger partial charge < -0.3 is 19.7 Å². The molecule has 3 rings (SSSR count). The molecule has 1 amide bonds. The van der Waals surface area contributed by atoms with Crippen molar-refractivity contribution >= 4 is 11.7 Å². The summed E-state index contributed by atoms with van der Waals surface area (Å²) in [6.07, 6.45) is 1.60. The fourth-order valence-electron chi connectivity index (χ4n) is 3.17. The van der Waals surface area contributed by atoms with Gasteiger partial charge in [0.2, 0.25) is 0 Å². The van der Waals surface area contributed by atoms with Crippen LogP contribution in [0.5, 0.6) is 0 Å². The van der Waals surface area contributed by atoms with Crippen LogP contribution in [-0.4, -0.2) is 60.2 Å². The van der Waals surface area contributed by atoms with E-state index in [0.29, 0.717) is 12.1 Å². The van der Waals surface area contributed by atoms with E-state index in [-0.39, 0.29) is 18.6 Å². The molecule has 1 aliphatic heterocycles. The number of aliphatic hydroxyl groups excluding tert-OH is 1. The molecular formula is C19H26N4O3. The third-order valence-electron chi connectivity index (χ3n) is 4.66. The van der Waals surface area contributed by atoms with Gasteiger partial charge in [0.1, 0.15) is 11.6 Å². The number of nitrogens with zero attached hydrogens (tertiary/aromatic N) is 3. The first-order chi connectivity index (χ1) is 12.6. The Morgan fingerprint density at radius 1 is 1.31 bits per heavy atom. The van der Waals surface area contributed by atoms with Crippen molar-refractivity contribution in [2.75, 3.05) is 44.2 Å². The molecule has 1 fully saturated rings. The maximum Gasteiger partial charge on any atom is 0.255 e. The van der Waals surface area contributed by atoms with Crippen LogP contribution >= 0.6 is 0 Å². The van der Waals surface area contributed by atoms with E-state index < -0.39 is 0 Å². The summed E-state index contributed by atoms with van der Waals surface area (Å²) in [5.41, 5.74) is 1.46. The lowest BCUT2D eigenvalue weighted by molar-refractivity contribution is 0.0935. The Balaban J connectivity index is 1.74. The highest BCUT2D eigenvalue weighted by atomic mass is 16.3. The van der Waals surface area contributed by atoms with Crippen LogP contribution in [0.2, 0.25) is 0 Å². The first kappa shape index (κ1) is 18.4. The topological polar surface area (TPSA) is 81.8 Å².